The second-order valence-electron chi connectivity index (χ2n) is 8.22. The van der Waals surface area contributed by atoms with Gasteiger partial charge in [-0.1, -0.05) is 13.8 Å². The fraction of sp³-hybridized carbons (Fsp3) is 0.619. The molecule has 2 aliphatic rings. The maximum absolute atomic E-state index is 13.2. The predicted molar refractivity (Wildman–Crippen MR) is 103 cm³/mol. The molecule has 0 unspecified atom stereocenters. The highest BCUT2D eigenvalue weighted by Gasteiger charge is 2.38. The first-order chi connectivity index (χ1) is 12.8. The maximum atomic E-state index is 13.2. The average molecular weight is 374 g/mol. The molecular formula is C21H30N2O4. The molecule has 2 aliphatic heterocycles. The van der Waals surface area contributed by atoms with Crippen LogP contribution in [0.15, 0.2) is 12.1 Å². The van der Waals surface area contributed by atoms with Crippen LogP contribution in [0.5, 0.6) is 11.5 Å². The number of piperidine rings is 1. The highest BCUT2D eigenvalue weighted by atomic mass is 16.5. The van der Waals surface area contributed by atoms with E-state index < -0.39 is 0 Å². The van der Waals surface area contributed by atoms with Crippen molar-refractivity contribution in [3.63, 3.8) is 0 Å². The number of methoxy groups -OCH3 is 2. The Morgan fingerprint density at radius 2 is 1.63 bits per heavy atom. The Morgan fingerprint density at radius 1 is 1.04 bits per heavy atom. The molecule has 27 heavy (non-hydrogen) atoms. The van der Waals surface area contributed by atoms with E-state index in [-0.39, 0.29) is 23.1 Å². The topological polar surface area (TPSA) is 59.1 Å². The van der Waals surface area contributed by atoms with Crippen LogP contribution in [-0.4, -0.2) is 55.5 Å². The second kappa shape index (κ2) is 7.41. The van der Waals surface area contributed by atoms with Crippen LogP contribution < -0.4 is 9.47 Å². The molecule has 0 aromatic heterocycles. The van der Waals surface area contributed by atoms with Crippen LogP contribution in [0.1, 0.15) is 44.7 Å². The van der Waals surface area contributed by atoms with E-state index in [9.17, 15) is 9.59 Å². The Morgan fingerprint density at radius 3 is 2.19 bits per heavy atom. The normalized spacial score (nSPS) is 19.4. The van der Waals surface area contributed by atoms with Gasteiger partial charge < -0.3 is 19.3 Å². The minimum Gasteiger partial charge on any atom is -0.493 e. The number of likely N-dealkylation sites (tertiary alicyclic amines) is 1. The molecular weight excluding hydrogens is 344 g/mol. The molecule has 0 saturated carbocycles. The molecule has 0 bridgehead atoms. The largest absolute Gasteiger partial charge is 0.493 e. The predicted octanol–water partition coefficient (Wildman–Crippen LogP) is 2.58. The van der Waals surface area contributed by atoms with Gasteiger partial charge >= 0.3 is 0 Å². The van der Waals surface area contributed by atoms with Crippen molar-refractivity contribution in [3.05, 3.63) is 23.3 Å². The number of benzene rings is 1. The molecule has 1 fully saturated rings. The molecule has 2 amide bonds. The number of ether oxygens (including phenoxy) is 2. The fourth-order valence-electron chi connectivity index (χ4n) is 4.36. The van der Waals surface area contributed by atoms with Gasteiger partial charge in [0.05, 0.1) is 14.2 Å². The van der Waals surface area contributed by atoms with Gasteiger partial charge in [0.15, 0.2) is 11.5 Å². The summed E-state index contributed by atoms with van der Waals surface area (Å²) in [5.74, 6) is 1.71. The van der Waals surface area contributed by atoms with E-state index in [4.69, 9.17) is 9.47 Å². The molecule has 148 valence electrons. The lowest BCUT2D eigenvalue weighted by Gasteiger charge is -2.42. The summed E-state index contributed by atoms with van der Waals surface area (Å²) >= 11 is 0. The number of hydrogen-bond donors (Lipinski definition) is 0. The van der Waals surface area contributed by atoms with Crippen molar-refractivity contribution in [2.75, 3.05) is 33.9 Å². The van der Waals surface area contributed by atoms with Crippen LogP contribution in [-0.2, 0) is 21.5 Å². The summed E-state index contributed by atoms with van der Waals surface area (Å²) in [6, 6.07) is 4.04. The second-order valence-corrected chi connectivity index (χ2v) is 8.22. The van der Waals surface area contributed by atoms with E-state index in [0.29, 0.717) is 31.9 Å². The molecule has 0 radical (unpaired) electrons. The Labute approximate surface area is 161 Å². The first kappa shape index (κ1) is 19.5. The van der Waals surface area contributed by atoms with E-state index in [1.54, 1.807) is 21.1 Å². The Hall–Kier alpha value is -2.24. The van der Waals surface area contributed by atoms with E-state index in [2.05, 4.69) is 13.8 Å². The lowest BCUT2D eigenvalue weighted by atomic mass is 9.77. The van der Waals surface area contributed by atoms with Gasteiger partial charge in [0.2, 0.25) is 11.8 Å². The molecule has 6 heteroatoms. The van der Waals surface area contributed by atoms with E-state index in [0.717, 1.165) is 24.2 Å². The summed E-state index contributed by atoms with van der Waals surface area (Å²) < 4.78 is 10.9. The van der Waals surface area contributed by atoms with Crippen molar-refractivity contribution >= 4 is 11.8 Å². The summed E-state index contributed by atoms with van der Waals surface area (Å²) in [7, 11) is 3.27. The fourth-order valence-corrected chi connectivity index (χ4v) is 4.36. The zero-order chi connectivity index (χ0) is 19.8. The third-order valence-electron chi connectivity index (χ3n) is 5.89. The molecule has 3 rings (SSSR count). The van der Waals surface area contributed by atoms with Gasteiger partial charge in [-0.05, 0) is 36.1 Å². The van der Waals surface area contributed by atoms with Crippen LogP contribution in [0.4, 0.5) is 0 Å². The van der Waals surface area contributed by atoms with Gasteiger partial charge in [-0.15, -0.1) is 0 Å². The first-order valence-corrected chi connectivity index (χ1v) is 9.56. The molecule has 1 saturated heterocycles. The molecule has 1 aromatic carbocycles. The Balaban J connectivity index is 1.80. The number of hydrogen-bond acceptors (Lipinski definition) is 4. The quantitative estimate of drug-likeness (QED) is 0.816. The SMILES string of the molecule is COc1cc2c(cc1OC)C(C)(C)CN(C(=O)C1CCN(C(C)=O)CC1)C2. The summed E-state index contributed by atoms with van der Waals surface area (Å²) in [5, 5.41) is 0. The van der Waals surface area contributed by atoms with Gasteiger partial charge in [-0.3, -0.25) is 9.59 Å². The van der Waals surface area contributed by atoms with E-state index in [1.807, 2.05) is 21.9 Å². The van der Waals surface area contributed by atoms with Gasteiger partial charge in [-0.25, -0.2) is 0 Å². The Bertz CT molecular complexity index is 736. The molecule has 0 atom stereocenters. The zero-order valence-electron chi connectivity index (χ0n) is 17.0. The van der Waals surface area contributed by atoms with Crippen LogP contribution in [0.2, 0.25) is 0 Å². The van der Waals surface area contributed by atoms with Crippen molar-refractivity contribution in [1.29, 1.82) is 0 Å². The van der Waals surface area contributed by atoms with Crippen LogP contribution >= 0.6 is 0 Å². The zero-order valence-corrected chi connectivity index (χ0v) is 17.0. The van der Waals surface area contributed by atoms with E-state index in [1.165, 1.54) is 5.56 Å². The van der Waals surface area contributed by atoms with E-state index >= 15 is 0 Å². The van der Waals surface area contributed by atoms with Crippen molar-refractivity contribution in [2.24, 2.45) is 5.92 Å². The highest BCUT2D eigenvalue weighted by Crippen LogP contribution is 2.40. The molecule has 1 aromatic rings. The summed E-state index contributed by atoms with van der Waals surface area (Å²) in [4.78, 5) is 28.5. The number of nitrogens with zero attached hydrogens (tertiary/aromatic N) is 2. The van der Waals surface area contributed by atoms with Crippen molar-refractivity contribution in [1.82, 2.24) is 9.80 Å². The molecule has 6 nitrogen and oxygen atoms in total. The number of fused-ring (bicyclic) bond motifs is 1. The molecule has 0 N–H and O–H groups in total. The minimum absolute atomic E-state index is 0.00176. The minimum atomic E-state index is -0.164. The standard InChI is InChI=1S/C21H30N2O4/c1-14(24)22-8-6-15(7-9-22)20(25)23-12-16-10-18(26-4)19(27-5)11-17(16)21(2,3)13-23/h10-11,15H,6-9,12-13H2,1-5H3. The third-order valence-corrected chi connectivity index (χ3v) is 5.89. The number of carbonyl (C=O) groups excluding carboxylic acids is 2. The van der Waals surface area contributed by atoms with Crippen molar-refractivity contribution in [2.45, 2.75) is 45.6 Å². The first-order valence-electron chi connectivity index (χ1n) is 9.56. The highest BCUT2D eigenvalue weighted by molar-refractivity contribution is 5.80. The molecule has 0 spiro atoms. The number of amides is 2. The summed E-state index contributed by atoms with van der Waals surface area (Å²) in [6.07, 6.45) is 1.49. The summed E-state index contributed by atoms with van der Waals surface area (Å²) in [5.41, 5.74) is 2.15. The van der Waals surface area contributed by atoms with Gasteiger partial charge in [0.25, 0.3) is 0 Å². The summed E-state index contributed by atoms with van der Waals surface area (Å²) in [6.45, 7) is 8.53. The van der Waals surface area contributed by atoms with Crippen molar-refractivity contribution < 1.29 is 19.1 Å². The van der Waals surface area contributed by atoms with Crippen LogP contribution in [0.25, 0.3) is 0 Å². The maximum Gasteiger partial charge on any atom is 0.226 e. The molecule has 0 aliphatic carbocycles. The van der Waals surface area contributed by atoms with Crippen LogP contribution in [0.3, 0.4) is 0 Å². The van der Waals surface area contributed by atoms with Gasteiger partial charge in [-0.2, -0.15) is 0 Å². The average Bonchev–Trinajstić information content (AvgIpc) is 2.65. The van der Waals surface area contributed by atoms with Gasteiger partial charge in [0, 0.05) is 44.4 Å². The smallest absolute Gasteiger partial charge is 0.226 e. The van der Waals surface area contributed by atoms with Crippen LogP contribution in [0, 0.1) is 5.92 Å². The third kappa shape index (κ3) is 3.75. The monoisotopic (exact) mass is 374 g/mol. The van der Waals surface area contributed by atoms with Crippen molar-refractivity contribution in [3.8, 4) is 11.5 Å². The lowest BCUT2D eigenvalue weighted by Crippen LogP contribution is -2.49. The Kier molecular flexibility index (Phi) is 5.36. The lowest BCUT2D eigenvalue weighted by molar-refractivity contribution is -0.141. The number of carbonyl (C=O) groups is 2. The number of rotatable bonds is 3. The van der Waals surface area contributed by atoms with Gasteiger partial charge in [0.1, 0.15) is 0 Å². The molecule has 2 heterocycles.